The molecule has 24 heavy (non-hydrogen) atoms. The van der Waals surface area contributed by atoms with Crippen LogP contribution in [0.2, 0.25) is 0 Å². The molecular weight excluding hydrogens is 318 g/mol. The molecular formula is C19H21N3OS. The zero-order valence-electron chi connectivity index (χ0n) is 13.6. The van der Waals surface area contributed by atoms with Crippen molar-refractivity contribution in [2.75, 3.05) is 0 Å². The molecule has 4 rings (SSSR count). The standard InChI is InChI=1S/C19H21N3OS/c1-2-4-9-16(8-3-1)22-17(18-10-6-12-23-18)14-24-19(22)21-15-7-5-11-20-13-15/h5-7,10-14,16H,1-4,8-9H2. The average molecular weight is 339 g/mol. The number of hydrogen-bond acceptors (Lipinski definition) is 4. The highest BCUT2D eigenvalue weighted by Gasteiger charge is 2.20. The summed E-state index contributed by atoms with van der Waals surface area (Å²) in [4.78, 5) is 10.1. The van der Waals surface area contributed by atoms with Gasteiger partial charge in [0.15, 0.2) is 10.6 Å². The Morgan fingerprint density at radius 2 is 2.00 bits per heavy atom. The van der Waals surface area contributed by atoms with E-state index in [-0.39, 0.29) is 0 Å². The van der Waals surface area contributed by atoms with Crippen molar-refractivity contribution in [1.82, 2.24) is 9.55 Å². The van der Waals surface area contributed by atoms with Crippen molar-refractivity contribution in [1.29, 1.82) is 0 Å². The molecule has 124 valence electrons. The van der Waals surface area contributed by atoms with Gasteiger partial charge in [0.05, 0.1) is 23.8 Å². The van der Waals surface area contributed by atoms with Gasteiger partial charge in [-0.1, -0.05) is 25.7 Å². The van der Waals surface area contributed by atoms with Gasteiger partial charge < -0.3 is 8.98 Å². The number of aromatic nitrogens is 2. The Kier molecular flexibility index (Phi) is 4.60. The topological polar surface area (TPSA) is 43.3 Å². The van der Waals surface area contributed by atoms with Gasteiger partial charge in [0.2, 0.25) is 0 Å². The molecule has 0 aromatic carbocycles. The van der Waals surface area contributed by atoms with Crippen LogP contribution < -0.4 is 4.80 Å². The maximum Gasteiger partial charge on any atom is 0.190 e. The number of pyridine rings is 1. The largest absolute Gasteiger partial charge is 0.463 e. The second kappa shape index (κ2) is 7.18. The van der Waals surface area contributed by atoms with E-state index in [1.165, 1.54) is 38.5 Å². The zero-order chi connectivity index (χ0) is 16.2. The van der Waals surface area contributed by atoms with Crippen LogP contribution in [0.1, 0.15) is 44.6 Å². The van der Waals surface area contributed by atoms with E-state index in [4.69, 9.17) is 9.41 Å². The summed E-state index contributed by atoms with van der Waals surface area (Å²) in [5.41, 5.74) is 2.03. The summed E-state index contributed by atoms with van der Waals surface area (Å²) >= 11 is 1.68. The van der Waals surface area contributed by atoms with E-state index in [2.05, 4.69) is 14.9 Å². The molecule has 1 fully saturated rings. The van der Waals surface area contributed by atoms with Crippen LogP contribution in [0, 0.1) is 0 Å². The summed E-state index contributed by atoms with van der Waals surface area (Å²) in [6.07, 6.45) is 13.0. The number of nitrogens with zero attached hydrogens (tertiary/aromatic N) is 3. The van der Waals surface area contributed by atoms with Crippen molar-refractivity contribution < 1.29 is 4.42 Å². The van der Waals surface area contributed by atoms with Crippen LogP contribution in [0.15, 0.2) is 57.7 Å². The van der Waals surface area contributed by atoms with Gasteiger partial charge in [-0.25, -0.2) is 4.99 Å². The highest BCUT2D eigenvalue weighted by Crippen LogP contribution is 2.31. The normalized spacial score (nSPS) is 17.1. The summed E-state index contributed by atoms with van der Waals surface area (Å²) < 4.78 is 8.07. The summed E-state index contributed by atoms with van der Waals surface area (Å²) in [5, 5.41) is 2.17. The Morgan fingerprint density at radius 3 is 2.71 bits per heavy atom. The highest BCUT2D eigenvalue weighted by atomic mass is 32.1. The van der Waals surface area contributed by atoms with Crippen LogP contribution in [0.25, 0.3) is 11.5 Å². The van der Waals surface area contributed by atoms with E-state index in [1.807, 2.05) is 30.5 Å². The summed E-state index contributed by atoms with van der Waals surface area (Å²) in [5.74, 6) is 0.920. The van der Waals surface area contributed by atoms with Crippen LogP contribution >= 0.6 is 11.3 Å². The van der Waals surface area contributed by atoms with Crippen molar-refractivity contribution in [3.05, 3.63) is 53.1 Å². The van der Waals surface area contributed by atoms with Gasteiger partial charge in [-0.15, -0.1) is 11.3 Å². The van der Waals surface area contributed by atoms with Gasteiger partial charge in [-0.2, -0.15) is 0 Å². The first-order chi connectivity index (χ1) is 11.9. The third-order valence-corrected chi connectivity index (χ3v) is 5.42. The molecule has 3 heterocycles. The molecule has 0 atom stereocenters. The Hall–Kier alpha value is -2.14. The van der Waals surface area contributed by atoms with Crippen LogP contribution in [0.4, 0.5) is 5.69 Å². The second-order valence-corrected chi connectivity index (χ2v) is 7.06. The van der Waals surface area contributed by atoms with Crippen molar-refractivity contribution in [2.24, 2.45) is 4.99 Å². The monoisotopic (exact) mass is 339 g/mol. The van der Waals surface area contributed by atoms with E-state index in [1.54, 1.807) is 23.8 Å². The lowest BCUT2D eigenvalue weighted by Gasteiger charge is -2.18. The molecule has 0 bridgehead atoms. The summed E-state index contributed by atoms with van der Waals surface area (Å²) in [6.45, 7) is 0. The van der Waals surface area contributed by atoms with Gasteiger partial charge in [0.1, 0.15) is 0 Å². The van der Waals surface area contributed by atoms with Crippen molar-refractivity contribution in [2.45, 2.75) is 44.6 Å². The maximum absolute atomic E-state index is 5.68. The number of rotatable bonds is 3. The minimum absolute atomic E-state index is 0.495. The zero-order valence-corrected chi connectivity index (χ0v) is 14.4. The highest BCUT2D eigenvalue weighted by molar-refractivity contribution is 7.07. The maximum atomic E-state index is 5.68. The first-order valence-corrected chi connectivity index (χ1v) is 9.48. The molecule has 0 amide bonds. The lowest BCUT2D eigenvalue weighted by atomic mass is 10.1. The quantitative estimate of drug-likeness (QED) is 0.605. The molecule has 3 aromatic rings. The Labute approximate surface area is 145 Å². The number of thiazole rings is 1. The predicted molar refractivity (Wildman–Crippen MR) is 96.2 cm³/mol. The lowest BCUT2D eigenvalue weighted by Crippen LogP contribution is -2.21. The molecule has 0 aliphatic heterocycles. The van der Waals surface area contributed by atoms with Gasteiger partial charge in [0, 0.05) is 17.6 Å². The van der Waals surface area contributed by atoms with Crippen LogP contribution in [0.5, 0.6) is 0 Å². The fraction of sp³-hybridized carbons (Fsp3) is 0.368. The molecule has 1 saturated carbocycles. The molecule has 5 heteroatoms. The first kappa shape index (κ1) is 15.4. The Balaban J connectivity index is 1.83. The van der Waals surface area contributed by atoms with Gasteiger partial charge in [-0.3, -0.25) is 4.98 Å². The molecule has 1 aliphatic carbocycles. The Bertz CT molecular complexity index is 825. The number of hydrogen-bond donors (Lipinski definition) is 0. The van der Waals surface area contributed by atoms with E-state index in [0.717, 1.165) is 21.9 Å². The van der Waals surface area contributed by atoms with Crippen molar-refractivity contribution >= 4 is 17.0 Å². The smallest absolute Gasteiger partial charge is 0.190 e. The third kappa shape index (κ3) is 3.22. The third-order valence-electron chi connectivity index (χ3n) is 4.58. The molecule has 0 saturated heterocycles. The van der Waals surface area contributed by atoms with Gasteiger partial charge in [-0.05, 0) is 37.1 Å². The van der Waals surface area contributed by atoms with E-state index >= 15 is 0 Å². The Morgan fingerprint density at radius 1 is 1.12 bits per heavy atom. The van der Waals surface area contributed by atoms with Crippen LogP contribution in [0.3, 0.4) is 0 Å². The predicted octanol–water partition coefficient (Wildman–Crippen LogP) is 5.33. The molecule has 0 unspecified atom stereocenters. The van der Waals surface area contributed by atoms with E-state index < -0.39 is 0 Å². The molecule has 0 radical (unpaired) electrons. The lowest BCUT2D eigenvalue weighted by molar-refractivity contribution is 0.434. The second-order valence-electron chi connectivity index (χ2n) is 6.22. The summed E-state index contributed by atoms with van der Waals surface area (Å²) in [7, 11) is 0. The minimum atomic E-state index is 0.495. The number of furan rings is 1. The molecule has 1 aliphatic rings. The molecule has 3 aromatic heterocycles. The average Bonchev–Trinajstić information content (AvgIpc) is 3.20. The van der Waals surface area contributed by atoms with Gasteiger partial charge in [0.25, 0.3) is 0 Å². The van der Waals surface area contributed by atoms with Gasteiger partial charge >= 0.3 is 0 Å². The fourth-order valence-electron chi connectivity index (χ4n) is 3.41. The van der Waals surface area contributed by atoms with E-state index in [9.17, 15) is 0 Å². The first-order valence-electron chi connectivity index (χ1n) is 8.60. The SMILES string of the molecule is c1cncc(N=c2scc(-c3ccco3)n2C2CCCCCC2)c1. The molecule has 0 spiro atoms. The fourth-order valence-corrected chi connectivity index (χ4v) is 4.37. The van der Waals surface area contributed by atoms with Crippen LogP contribution in [-0.4, -0.2) is 9.55 Å². The molecule has 0 N–H and O–H groups in total. The van der Waals surface area contributed by atoms with Crippen molar-refractivity contribution in [3.63, 3.8) is 0 Å². The van der Waals surface area contributed by atoms with E-state index in [0.29, 0.717) is 6.04 Å². The molecule has 4 nitrogen and oxygen atoms in total. The van der Waals surface area contributed by atoms with Crippen LogP contribution in [-0.2, 0) is 0 Å². The summed E-state index contributed by atoms with van der Waals surface area (Å²) in [6, 6.07) is 8.40. The minimum Gasteiger partial charge on any atom is -0.463 e. The van der Waals surface area contributed by atoms with Crippen molar-refractivity contribution in [3.8, 4) is 11.5 Å².